The molecule has 0 spiro atoms. The number of ether oxygens (including phenoxy) is 1. The molecule has 0 aliphatic heterocycles. The van der Waals surface area contributed by atoms with Crippen LogP contribution >= 0.6 is 15.9 Å². The first kappa shape index (κ1) is 15.4. The fraction of sp³-hybridized carbons (Fsp3) is 0.562. The third-order valence-electron chi connectivity index (χ3n) is 3.36. The molecule has 1 aliphatic rings. The lowest BCUT2D eigenvalue weighted by Gasteiger charge is -2.24. The lowest BCUT2D eigenvalue weighted by molar-refractivity contribution is 0.0501. The summed E-state index contributed by atoms with van der Waals surface area (Å²) in [7, 11) is 0. The van der Waals surface area contributed by atoms with E-state index in [1.54, 1.807) is 0 Å². The molecule has 1 amide bonds. The van der Waals surface area contributed by atoms with Gasteiger partial charge in [-0.15, -0.1) is 0 Å². The van der Waals surface area contributed by atoms with Crippen molar-refractivity contribution < 1.29 is 9.53 Å². The van der Waals surface area contributed by atoms with Gasteiger partial charge in [-0.25, -0.2) is 4.79 Å². The highest BCUT2D eigenvalue weighted by Gasteiger charge is 2.23. The first-order valence-corrected chi connectivity index (χ1v) is 7.92. The quantitative estimate of drug-likeness (QED) is 0.750. The molecule has 0 fully saturated rings. The molecule has 1 aromatic carbocycles. The van der Waals surface area contributed by atoms with Gasteiger partial charge in [-0.3, -0.25) is 0 Å². The molecule has 20 heavy (non-hydrogen) atoms. The minimum absolute atomic E-state index is 0.0513. The summed E-state index contributed by atoms with van der Waals surface area (Å²) in [6.07, 6.45) is 3.98. The molecule has 0 saturated carbocycles. The number of aryl methyl sites for hydroxylation is 1. The number of hydrogen-bond donors (Lipinski definition) is 1. The second kappa shape index (κ2) is 6.17. The van der Waals surface area contributed by atoms with Crippen molar-refractivity contribution in [3.63, 3.8) is 0 Å². The lowest BCUT2D eigenvalue weighted by Crippen LogP contribution is -2.35. The Morgan fingerprint density at radius 2 is 2.10 bits per heavy atom. The van der Waals surface area contributed by atoms with Gasteiger partial charge in [-0.05, 0) is 63.3 Å². The average Bonchev–Trinajstić information content (AvgIpc) is 2.49. The normalized spacial score (nSPS) is 18.9. The number of carbonyl (C=O) groups is 1. The van der Waals surface area contributed by atoms with Crippen LogP contribution in [-0.2, 0) is 11.2 Å². The summed E-state index contributed by atoms with van der Waals surface area (Å²) in [5.74, 6) is 0. The third kappa shape index (κ3) is 4.23. The molecule has 2 rings (SSSR count). The molecule has 110 valence electrons. The SMILES string of the molecule is CC(C)(C)OC(=O)NC1CCCCc2cc(Br)ccc21. The van der Waals surface area contributed by atoms with E-state index in [-0.39, 0.29) is 12.1 Å². The maximum atomic E-state index is 12.0. The summed E-state index contributed by atoms with van der Waals surface area (Å²) < 4.78 is 6.45. The Bertz CT molecular complexity index is 494. The molecular weight excluding hydrogens is 318 g/mol. The molecule has 3 nitrogen and oxygen atoms in total. The first-order valence-electron chi connectivity index (χ1n) is 7.13. The summed E-state index contributed by atoms with van der Waals surface area (Å²) in [4.78, 5) is 12.0. The van der Waals surface area contributed by atoms with Crippen LogP contribution in [0.15, 0.2) is 22.7 Å². The monoisotopic (exact) mass is 339 g/mol. The van der Waals surface area contributed by atoms with Gasteiger partial charge in [0.2, 0.25) is 0 Å². The number of fused-ring (bicyclic) bond motifs is 1. The topological polar surface area (TPSA) is 38.3 Å². The van der Waals surface area contributed by atoms with Crippen molar-refractivity contribution in [1.29, 1.82) is 0 Å². The van der Waals surface area contributed by atoms with Gasteiger partial charge in [0, 0.05) is 4.47 Å². The van der Waals surface area contributed by atoms with Crippen LogP contribution < -0.4 is 5.32 Å². The molecule has 0 heterocycles. The Hall–Kier alpha value is -1.03. The molecule has 1 aromatic rings. The zero-order valence-electron chi connectivity index (χ0n) is 12.3. The van der Waals surface area contributed by atoms with Gasteiger partial charge < -0.3 is 10.1 Å². The van der Waals surface area contributed by atoms with Crippen molar-refractivity contribution in [2.24, 2.45) is 0 Å². The molecule has 1 unspecified atom stereocenters. The van der Waals surface area contributed by atoms with Crippen molar-refractivity contribution in [1.82, 2.24) is 5.32 Å². The fourth-order valence-corrected chi connectivity index (χ4v) is 2.96. The van der Waals surface area contributed by atoms with E-state index in [1.165, 1.54) is 11.1 Å². The van der Waals surface area contributed by atoms with Gasteiger partial charge in [0.1, 0.15) is 5.60 Å². The molecule has 0 aromatic heterocycles. The van der Waals surface area contributed by atoms with E-state index in [1.807, 2.05) is 26.8 Å². The summed E-state index contributed by atoms with van der Waals surface area (Å²) >= 11 is 3.51. The number of carbonyl (C=O) groups excluding carboxylic acids is 1. The number of amides is 1. The standard InChI is InChI=1S/C16H22BrNO2/c1-16(2,3)20-15(19)18-14-7-5-4-6-11-10-12(17)8-9-13(11)14/h8-10,14H,4-7H2,1-3H3,(H,18,19). The smallest absolute Gasteiger partial charge is 0.408 e. The van der Waals surface area contributed by atoms with Gasteiger partial charge in [0.25, 0.3) is 0 Å². The minimum Gasteiger partial charge on any atom is -0.444 e. The van der Waals surface area contributed by atoms with Gasteiger partial charge in [-0.2, -0.15) is 0 Å². The molecule has 4 heteroatoms. The van der Waals surface area contributed by atoms with Crippen LogP contribution in [0, 0.1) is 0 Å². The van der Waals surface area contributed by atoms with E-state index in [4.69, 9.17) is 4.74 Å². The summed E-state index contributed by atoms with van der Waals surface area (Å²) in [6, 6.07) is 6.35. The second-order valence-corrected chi connectivity index (χ2v) is 7.20. The fourth-order valence-electron chi connectivity index (χ4n) is 2.55. The molecule has 0 saturated heterocycles. The number of hydrogen-bond acceptors (Lipinski definition) is 2. The minimum atomic E-state index is -0.461. The molecule has 1 atom stereocenters. The largest absolute Gasteiger partial charge is 0.444 e. The molecule has 0 bridgehead atoms. The summed E-state index contributed by atoms with van der Waals surface area (Å²) in [5.41, 5.74) is 2.08. The summed E-state index contributed by atoms with van der Waals surface area (Å²) in [5, 5.41) is 3.01. The van der Waals surface area contributed by atoms with E-state index < -0.39 is 5.60 Å². The molecule has 1 N–H and O–H groups in total. The first-order chi connectivity index (χ1) is 9.35. The number of nitrogens with one attached hydrogen (secondary N) is 1. The Balaban J connectivity index is 2.14. The number of halogens is 1. The molecule has 1 aliphatic carbocycles. The highest BCUT2D eigenvalue weighted by Crippen LogP contribution is 2.30. The van der Waals surface area contributed by atoms with Crippen LogP contribution in [0.3, 0.4) is 0 Å². The van der Waals surface area contributed by atoms with Crippen molar-refractivity contribution in [2.45, 2.75) is 58.1 Å². The zero-order valence-corrected chi connectivity index (χ0v) is 13.9. The van der Waals surface area contributed by atoms with Crippen molar-refractivity contribution in [3.8, 4) is 0 Å². The van der Waals surface area contributed by atoms with Crippen LogP contribution in [0.2, 0.25) is 0 Å². The molecule has 0 radical (unpaired) electrons. The zero-order chi connectivity index (χ0) is 14.8. The molecular formula is C16H22BrNO2. The van der Waals surface area contributed by atoms with Gasteiger partial charge in [0.15, 0.2) is 0 Å². The highest BCUT2D eigenvalue weighted by atomic mass is 79.9. The Kier molecular flexibility index (Phi) is 4.74. The average molecular weight is 340 g/mol. The van der Waals surface area contributed by atoms with Crippen LogP contribution in [-0.4, -0.2) is 11.7 Å². The second-order valence-electron chi connectivity index (χ2n) is 6.29. The maximum absolute atomic E-state index is 12.0. The van der Waals surface area contributed by atoms with Gasteiger partial charge >= 0.3 is 6.09 Å². The van der Waals surface area contributed by atoms with Gasteiger partial charge in [0.05, 0.1) is 6.04 Å². The highest BCUT2D eigenvalue weighted by molar-refractivity contribution is 9.10. The number of benzene rings is 1. The number of alkyl carbamates (subject to hydrolysis) is 1. The Labute approximate surface area is 129 Å². The Morgan fingerprint density at radius 1 is 1.35 bits per heavy atom. The van der Waals surface area contributed by atoms with E-state index in [9.17, 15) is 4.79 Å². The number of rotatable bonds is 1. The van der Waals surface area contributed by atoms with E-state index >= 15 is 0 Å². The lowest BCUT2D eigenvalue weighted by atomic mass is 9.99. The van der Waals surface area contributed by atoms with E-state index in [0.717, 1.165) is 30.2 Å². The van der Waals surface area contributed by atoms with Crippen LogP contribution in [0.1, 0.15) is 57.2 Å². The Morgan fingerprint density at radius 3 is 2.80 bits per heavy atom. The summed E-state index contributed by atoms with van der Waals surface area (Å²) in [6.45, 7) is 5.64. The third-order valence-corrected chi connectivity index (χ3v) is 3.85. The van der Waals surface area contributed by atoms with Gasteiger partial charge in [-0.1, -0.05) is 28.4 Å². The van der Waals surface area contributed by atoms with Crippen LogP contribution in [0.5, 0.6) is 0 Å². The van der Waals surface area contributed by atoms with Crippen molar-refractivity contribution in [3.05, 3.63) is 33.8 Å². The van der Waals surface area contributed by atoms with Crippen molar-refractivity contribution in [2.75, 3.05) is 0 Å². The van der Waals surface area contributed by atoms with Crippen LogP contribution in [0.4, 0.5) is 4.79 Å². The van der Waals surface area contributed by atoms with E-state index in [0.29, 0.717) is 0 Å². The van der Waals surface area contributed by atoms with E-state index in [2.05, 4.69) is 33.4 Å². The maximum Gasteiger partial charge on any atom is 0.408 e. The predicted molar refractivity (Wildman–Crippen MR) is 83.8 cm³/mol. The van der Waals surface area contributed by atoms with Crippen molar-refractivity contribution >= 4 is 22.0 Å². The predicted octanol–water partition coefficient (Wildman–Crippen LogP) is 4.74. The van der Waals surface area contributed by atoms with Crippen LogP contribution in [0.25, 0.3) is 0 Å².